The molecule has 2 aliphatic heterocycles. The molecule has 1 N–H and O–H groups in total. The van der Waals surface area contributed by atoms with Gasteiger partial charge in [0.25, 0.3) is 0 Å². The van der Waals surface area contributed by atoms with Crippen LogP contribution in [0.2, 0.25) is 10.1 Å². The van der Waals surface area contributed by atoms with Crippen molar-refractivity contribution in [3.05, 3.63) is 0 Å². The van der Waals surface area contributed by atoms with Crippen molar-refractivity contribution in [2.24, 2.45) is 0 Å². The van der Waals surface area contributed by atoms with Crippen LogP contribution < -0.4 is 0 Å². The fraction of sp³-hybridized carbons (Fsp3) is 1.00. The summed E-state index contributed by atoms with van der Waals surface area (Å²) in [6.07, 6.45) is -2.00. The summed E-state index contributed by atoms with van der Waals surface area (Å²) < 4.78 is 23.5. The Morgan fingerprint density at radius 2 is 1.65 bits per heavy atom. The molecule has 0 aromatic heterocycles. The lowest BCUT2D eigenvalue weighted by molar-refractivity contribution is -0.153. The van der Waals surface area contributed by atoms with Gasteiger partial charge in [-0.2, -0.15) is 0 Å². The van der Waals surface area contributed by atoms with Gasteiger partial charge < -0.3 is 23.4 Å². The number of fused-ring (bicyclic) bond motifs is 1. The minimum atomic E-state index is -2.55. The van der Waals surface area contributed by atoms with Crippen molar-refractivity contribution in [3.63, 3.8) is 0 Å². The maximum absolute atomic E-state index is 10.3. The van der Waals surface area contributed by atoms with E-state index in [2.05, 4.69) is 41.5 Å². The van der Waals surface area contributed by atoms with Crippen LogP contribution in [0.4, 0.5) is 0 Å². The van der Waals surface area contributed by atoms with Crippen molar-refractivity contribution < 1.29 is 23.4 Å². The van der Waals surface area contributed by atoms with Gasteiger partial charge in [0.1, 0.15) is 18.3 Å². The number of aliphatic hydroxyl groups is 1. The van der Waals surface area contributed by atoms with E-state index in [4.69, 9.17) is 18.3 Å². The van der Waals surface area contributed by atoms with Crippen molar-refractivity contribution in [2.75, 3.05) is 13.7 Å². The lowest BCUT2D eigenvalue weighted by Gasteiger charge is -2.53. The number of rotatable bonds is 1. The summed E-state index contributed by atoms with van der Waals surface area (Å²) in [6, 6.07) is 0. The van der Waals surface area contributed by atoms with Gasteiger partial charge in [0.05, 0.1) is 6.61 Å². The van der Waals surface area contributed by atoms with Gasteiger partial charge in [-0.3, -0.25) is 0 Å². The molecule has 118 valence electrons. The van der Waals surface area contributed by atoms with Crippen molar-refractivity contribution in [2.45, 2.75) is 76.2 Å². The number of hydrogen-bond acceptors (Lipinski definition) is 5. The molecule has 0 bridgehead atoms. The van der Waals surface area contributed by atoms with Crippen LogP contribution in [0, 0.1) is 0 Å². The molecule has 0 aromatic rings. The quantitative estimate of drug-likeness (QED) is 0.753. The smallest absolute Gasteiger partial charge is 0.349 e. The first-order valence-electron chi connectivity index (χ1n) is 7.21. The fourth-order valence-corrected chi connectivity index (χ4v) is 8.48. The summed E-state index contributed by atoms with van der Waals surface area (Å²) >= 11 is 0. The zero-order chi connectivity index (χ0) is 15.3. The van der Waals surface area contributed by atoms with Gasteiger partial charge in [0.15, 0.2) is 6.29 Å². The van der Waals surface area contributed by atoms with Crippen molar-refractivity contribution in [1.82, 2.24) is 0 Å². The Morgan fingerprint density at radius 3 is 2.10 bits per heavy atom. The van der Waals surface area contributed by atoms with Crippen LogP contribution in [-0.4, -0.2) is 52.0 Å². The van der Waals surface area contributed by atoms with Gasteiger partial charge in [0.2, 0.25) is 0 Å². The molecule has 6 heteroatoms. The zero-order valence-corrected chi connectivity index (χ0v) is 14.6. The zero-order valence-electron chi connectivity index (χ0n) is 13.6. The van der Waals surface area contributed by atoms with E-state index in [-0.39, 0.29) is 22.3 Å². The molecule has 2 fully saturated rings. The minimum absolute atomic E-state index is 0.0961. The van der Waals surface area contributed by atoms with E-state index in [0.29, 0.717) is 6.61 Å². The van der Waals surface area contributed by atoms with Gasteiger partial charge in [-0.05, 0) is 0 Å². The summed E-state index contributed by atoms with van der Waals surface area (Å²) in [4.78, 5) is 0. The SMILES string of the molecule is CO[C@@H]1O[C@@H]2CO[Si](C(C)(C)C)(C(C)(C)C)O[C@H]2[C@H]1O. The first-order valence-corrected chi connectivity index (χ1v) is 9.03. The Kier molecular flexibility index (Phi) is 4.13. The molecule has 5 nitrogen and oxygen atoms in total. The molecule has 2 heterocycles. The molecule has 0 amide bonds. The fourth-order valence-electron chi connectivity index (χ4n) is 3.52. The topological polar surface area (TPSA) is 57.2 Å². The average Bonchev–Trinajstić information content (AvgIpc) is 2.62. The highest BCUT2D eigenvalue weighted by Gasteiger charge is 2.64. The number of hydrogen-bond donors (Lipinski definition) is 1. The maximum atomic E-state index is 10.3. The molecule has 2 aliphatic rings. The maximum Gasteiger partial charge on any atom is 0.349 e. The standard InChI is InChI=1S/C14H28O5Si/c1-13(2,3)20(14(4,5)6)17-8-9-11(19-20)10(15)12(16-7)18-9/h9-12,15H,8H2,1-7H3/t9-,10-,11-,12-/m1/s1. The van der Waals surface area contributed by atoms with E-state index < -0.39 is 21.0 Å². The molecule has 0 aromatic carbocycles. The molecule has 0 aliphatic carbocycles. The van der Waals surface area contributed by atoms with Crippen molar-refractivity contribution in [1.29, 1.82) is 0 Å². The minimum Gasteiger partial charge on any atom is -0.391 e. The predicted molar refractivity (Wildman–Crippen MR) is 77.7 cm³/mol. The highest BCUT2D eigenvalue weighted by Crippen LogP contribution is 2.55. The summed E-state index contributed by atoms with van der Waals surface area (Å²) in [5.74, 6) is 0. The number of aliphatic hydroxyl groups excluding tert-OH is 1. The van der Waals surface area contributed by atoms with Crippen LogP contribution in [-0.2, 0) is 18.3 Å². The lowest BCUT2D eigenvalue weighted by Crippen LogP contribution is -2.65. The van der Waals surface area contributed by atoms with Crippen LogP contribution >= 0.6 is 0 Å². The summed E-state index contributed by atoms with van der Waals surface area (Å²) in [6.45, 7) is 13.4. The number of ether oxygens (including phenoxy) is 2. The third kappa shape index (κ3) is 2.36. The van der Waals surface area contributed by atoms with Gasteiger partial charge in [0, 0.05) is 17.2 Å². The Bertz CT molecular complexity index is 344. The first-order chi connectivity index (χ1) is 9.03. The third-order valence-electron chi connectivity index (χ3n) is 4.25. The van der Waals surface area contributed by atoms with Crippen LogP contribution in [0.5, 0.6) is 0 Å². The van der Waals surface area contributed by atoms with E-state index in [1.54, 1.807) is 0 Å². The molecule has 0 unspecified atom stereocenters. The van der Waals surface area contributed by atoms with Crippen LogP contribution in [0.1, 0.15) is 41.5 Å². The molecule has 0 spiro atoms. The Labute approximate surface area is 122 Å². The highest BCUT2D eigenvalue weighted by molar-refractivity contribution is 6.73. The second kappa shape index (κ2) is 5.03. The Balaban J connectivity index is 2.31. The van der Waals surface area contributed by atoms with E-state index in [1.165, 1.54) is 7.11 Å². The first kappa shape index (κ1) is 16.4. The van der Waals surface area contributed by atoms with E-state index >= 15 is 0 Å². The van der Waals surface area contributed by atoms with Gasteiger partial charge in [-0.15, -0.1) is 0 Å². The van der Waals surface area contributed by atoms with Gasteiger partial charge in [-0.1, -0.05) is 41.5 Å². The van der Waals surface area contributed by atoms with Crippen LogP contribution in [0.15, 0.2) is 0 Å². The highest BCUT2D eigenvalue weighted by atomic mass is 28.4. The Morgan fingerprint density at radius 1 is 1.10 bits per heavy atom. The second-order valence-electron chi connectivity index (χ2n) is 7.78. The molecular weight excluding hydrogens is 276 g/mol. The molecule has 0 radical (unpaired) electrons. The van der Waals surface area contributed by atoms with E-state index in [1.807, 2.05) is 0 Å². The molecule has 0 saturated carbocycles. The molecule has 4 atom stereocenters. The summed E-state index contributed by atoms with van der Waals surface area (Å²) in [7, 11) is -1.02. The molecule has 20 heavy (non-hydrogen) atoms. The number of methoxy groups -OCH3 is 1. The van der Waals surface area contributed by atoms with E-state index in [0.717, 1.165) is 0 Å². The molecular formula is C14H28O5Si. The van der Waals surface area contributed by atoms with Crippen molar-refractivity contribution in [3.8, 4) is 0 Å². The molecule has 2 rings (SSSR count). The van der Waals surface area contributed by atoms with Gasteiger partial charge in [-0.25, -0.2) is 0 Å². The van der Waals surface area contributed by atoms with Crippen LogP contribution in [0.25, 0.3) is 0 Å². The lowest BCUT2D eigenvalue weighted by atomic mass is 10.1. The van der Waals surface area contributed by atoms with E-state index in [9.17, 15) is 5.11 Å². The largest absolute Gasteiger partial charge is 0.391 e. The molecule has 2 saturated heterocycles. The van der Waals surface area contributed by atoms with Gasteiger partial charge >= 0.3 is 8.56 Å². The predicted octanol–water partition coefficient (Wildman–Crippen LogP) is 2.18. The monoisotopic (exact) mass is 304 g/mol. The average molecular weight is 304 g/mol. The third-order valence-corrected chi connectivity index (χ3v) is 9.38. The summed E-state index contributed by atoms with van der Waals surface area (Å²) in [5, 5.41) is 10.1. The Hall–Kier alpha value is 0.0169. The normalized spacial score (nSPS) is 37.8. The van der Waals surface area contributed by atoms with Crippen molar-refractivity contribution >= 4 is 8.56 Å². The summed E-state index contributed by atoms with van der Waals surface area (Å²) in [5.41, 5.74) is 0. The van der Waals surface area contributed by atoms with Crippen LogP contribution in [0.3, 0.4) is 0 Å². The second-order valence-corrected chi connectivity index (χ2v) is 12.5.